The Kier molecular flexibility index (Phi) is 3.92. The Bertz CT molecular complexity index is 853. The van der Waals surface area contributed by atoms with Gasteiger partial charge < -0.3 is 0 Å². The minimum Gasteiger partial charge on any atom is -0.296 e. The van der Waals surface area contributed by atoms with Crippen molar-refractivity contribution in [3.63, 3.8) is 0 Å². The summed E-state index contributed by atoms with van der Waals surface area (Å²) in [5, 5.41) is 0. The fourth-order valence-corrected chi connectivity index (χ4v) is 2.34. The number of aromatic nitrogens is 2. The number of aliphatic imine (C=N–C) groups is 1. The monoisotopic (exact) mass is 289 g/mol. The summed E-state index contributed by atoms with van der Waals surface area (Å²) in [4.78, 5) is 21.1. The standard InChI is InChI=1S/C18H15N3O/c1-19-13-14-10-11-17(16-9-5-6-12-20-16)21(18(14)22)15-7-3-2-4-8-15/h2-13H,1H3. The summed E-state index contributed by atoms with van der Waals surface area (Å²) >= 11 is 0. The van der Waals surface area contributed by atoms with Gasteiger partial charge in [0.05, 0.1) is 17.0 Å². The Morgan fingerprint density at radius 2 is 1.77 bits per heavy atom. The average molecular weight is 289 g/mol. The molecule has 2 heterocycles. The molecule has 0 atom stereocenters. The van der Waals surface area contributed by atoms with E-state index in [-0.39, 0.29) is 5.56 Å². The molecule has 0 saturated heterocycles. The molecule has 0 amide bonds. The van der Waals surface area contributed by atoms with Crippen molar-refractivity contribution in [2.45, 2.75) is 0 Å². The Morgan fingerprint density at radius 1 is 1.00 bits per heavy atom. The molecular formula is C18H15N3O. The van der Waals surface area contributed by atoms with Crippen LogP contribution in [0.3, 0.4) is 0 Å². The molecule has 3 rings (SSSR count). The van der Waals surface area contributed by atoms with E-state index in [0.29, 0.717) is 5.56 Å². The van der Waals surface area contributed by atoms with Gasteiger partial charge in [0.15, 0.2) is 0 Å². The maximum atomic E-state index is 12.8. The fraction of sp³-hybridized carbons (Fsp3) is 0.0556. The van der Waals surface area contributed by atoms with Gasteiger partial charge in [-0.3, -0.25) is 19.3 Å². The summed E-state index contributed by atoms with van der Waals surface area (Å²) < 4.78 is 1.67. The Morgan fingerprint density at radius 3 is 2.45 bits per heavy atom. The fourth-order valence-electron chi connectivity index (χ4n) is 2.34. The molecule has 4 heteroatoms. The highest BCUT2D eigenvalue weighted by Crippen LogP contribution is 2.19. The molecule has 1 aromatic carbocycles. The van der Waals surface area contributed by atoms with Crippen molar-refractivity contribution in [1.82, 2.24) is 9.55 Å². The molecule has 0 radical (unpaired) electrons. The van der Waals surface area contributed by atoms with Crippen molar-refractivity contribution in [3.05, 3.63) is 82.8 Å². The lowest BCUT2D eigenvalue weighted by atomic mass is 10.1. The van der Waals surface area contributed by atoms with Crippen LogP contribution in [0.4, 0.5) is 0 Å². The van der Waals surface area contributed by atoms with Crippen molar-refractivity contribution < 1.29 is 0 Å². The highest BCUT2D eigenvalue weighted by Gasteiger charge is 2.11. The molecule has 2 aromatic heterocycles. The first-order valence-electron chi connectivity index (χ1n) is 6.96. The van der Waals surface area contributed by atoms with Crippen LogP contribution in [0, 0.1) is 0 Å². The summed E-state index contributed by atoms with van der Waals surface area (Å²) in [6, 6.07) is 18.9. The Labute approximate surface area is 128 Å². The lowest BCUT2D eigenvalue weighted by Crippen LogP contribution is -2.23. The second-order valence-electron chi connectivity index (χ2n) is 4.75. The molecule has 0 N–H and O–H groups in total. The van der Waals surface area contributed by atoms with Crippen LogP contribution in [0.5, 0.6) is 0 Å². The van der Waals surface area contributed by atoms with Gasteiger partial charge in [-0.2, -0.15) is 0 Å². The zero-order valence-corrected chi connectivity index (χ0v) is 12.2. The largest absolute Gasteiger partial charge is 0.296 e. The van der Waals surface area contributed by atoms with Crippen molar-refractivity contribution in [2.75, 3.05) is 7.05 Å². The number of hydrogen-bond acceptors (Lipinski definition) is 3. The molecule has 0 aliphatic rings. The molecule has 0 saturated carbocycles. The first kappa shape index (κ1) is 13.9. The predicted octanol–water partition coefficient (Wildman–Crippen LogP) is 2.95. The van der Waals surface area contributed by atoms with Crippen LogP contribution >= 0.6 is 0 Å². The second kappa shape index (κ2) is 6.18. The molecule has 108 valence electrons. The van der Waals surface area contributed by atoms with E-state index in [9.17, 15) is 4.79 Å². The number of nitrogens with zero attached hydrogens (tertiary/aromatic N) is 3. The molecule has 0 aliphatic carbocycles. The molecule has 3 aromatic rings. The van der Waals surface area contributed by atoms with E-state index in [4.69, 9.17) is 0 Å². The van der Waals surface area contributed by atoms with Crippen LogP contribution < -0.4 is 5.56 Å². The molecule has 0 aliphatic heterocycles. The number of rotatable bonds is 3. The van der Waals surface area contributed by atoms with Crippen LogP contribution in [-0.4, -0.2) is 22.8 Å². The maximum Gasteiger partial charge on any atom is 0.264 e. The predicted molar refractivity (Wildman–Crippen MR) is 88.8 cm³/mol. The van der Waals surface area contributed by atoms with Crippen LogP contribution in [0.2, 0.25) is 0 Å². The first-order chi connectivity index (χ1) is 10.8. The van der Waals surface area contributed by atoms with Gasteiger partial charge in [-0.1, -0.05) is 24.3 Å². The van der Waals surface area contributed by atoms with E-state index >= 15 is 0 Å². The summed E-state index contributed by atoms with van der Waals surface area (Å²) in [5.74, 6) is 0. The van der Waals surface area contributed by atoms with E-state index in [1.54, 1.807) is 30.1 Å². The number of para-hydroxylation sites is 1. The summed E-state index contributed by atoms with van der Waals surface area (Å²) in [5.41, 5.74) is 2.75. The third-order valence-electron chi connectivity index (χ3n) is 3.32. The van der Waals surface area contributed by atoms with Crippen LogP contribution in [0.1, 0.15) is 5.56 Å². The third-order valence-corrected chi connectivity index (χ3v) is 3.32. The third kappa shape index (κ3) is 2.59. The van der Waals surface area contributed by atoms with Crippen molar-refractivity contribution in [2.24, 2.45) is 4.99 Å². The Hall–Kier alpha value is -3.01. The van der Waals surface area contributed by atoms with Crippen LogP contribution in [0.25, 0.3) is 17.1 Å². The maximum absolute atomic E-state index is 12.8. The van der Waals surface area contributed by atoms with Gasteiger partial charge in [-0.05, 0) is 36.4 Å². The molecule has 0 bridgehead atoms. The summed E-state index contributed by atoms with van der Waals surface area (Å²) in [7, 11) is 1.65. The molecular weight excluding hydrogens is 274 g/mol. The molecule has 4 nitrogen and oxygen atoms in total. The van der Waals surface area contributed by atoms with Gasteiger partial charge in [0.2, 0.25) is 0 Å². The topological polar surface area (TPSA) is 47.2 Å². The lowest BCUT2D eigenvalue weighted by molar-refractivity contribution is 0.987. The number of pyridine rings is 2. The van der Waals surface area contributed by atoms with Gasteiger partial charge >= 0.3 is 0 Å². The van der Waals surface area contributed by atoms with Gasteiger partial charge in [-0.25, -0.2) is 0 Å². The summed E-state index contributed by atoms with van der Waals surface area (Å²) in [6.07, 6.45) is 3.29. The van der Waals surface area contributed by atoms with Gasteiger partial charge in [-0.15, -0.1) is 0 Å². The first-order valence-corrected chi connectivity index (χ1v) is 6.96. The zero-order chi connectivity index (χ0) is 15.4. The minimum atomic E-state index is -0.111. The van der Waals surface area contributed by atoms with Crippen molar-refractivity contribution >= 4 is 6.21 Å². The smallest absolute Gasteiger partial charge is 0.264 e. The number of benzene rings is 1. The van der Waals surface area contributed by atoms with E-state index in [1.165, 1.54) is 0 Å². The summed E-state index contributed by atoms with van der Waals surface area (Å²) in [6.45, 7) is 0. The van der Waals surface area contributed by atoms with Gasteiger partial charge in [0, 0.05) is 25.1 Å². The SMILES string of the molecule is CN=Cc1ccc(-c2ccccn2)n(-c2ccccc2)c1=O. The highest BCUT2D eigenvalue weighted by atomic mass is 16.1. The second-order valence-corrected chi connectivity index (χ2v) is 4.75. The van der Waals surface area contributed by atoms with E-state index in [2.05, 4.69) is 9.98 Å². The molecule has 0 fully saturated rings. The average Bonchev–Trinajstić information content (AvgIpc) is 2.58. The van der Waals surface area contributed by atoms with Crippen molar-refractivity contribution in [3.8, 4) is 17.1 Å². The van der Waals surface area contributed by atoms with E-state index in [1.807, 2.05) is 54.6 Å². The minimum absolute atomic E-state index is 0.111. The zero-order valence-electron chi connectivity index (χ0n) is 12.2. The normalized spacial score (nSPS) is 11.0. The van der Waals surface area contributed by atoms with Crippen LogP contribution in [0.15, 0.2) is 76.6 Å². The Balaban J connectivity index is 2.32. The molecule has 22 heavy (non-hydrogen) atoms. The van der Waals surface area contributed by atoms with E-state index < -0.39 is 0 Å². The number of hydrogen-bond donors (Lipinski definition) is 0. The molecule has 0 spiro atoms. The van der Waals surface area contributed by atoms with E-state index in [0.717, 1.165) is 17.1 Å². The molecule has 0 unspecified atom stereocenters. The lowest BCUT2D eigenvalue weighted by Gasteiger charge is -2.13. The van der Waals surface area contributed by atoms with Crippen molar-refractivity contribution in [1.29, 1.82) is 0 Å². The van der Waals surface area contributed by atoms with Gasteiger partial charge in [0.25, 0.3) is 5.56 Å². The van der Waals surface area contributed by atoms with Crippen LogP contribution in [-0.2, 0) is 0 Å². The van der Waals surface area contributed by atoms with Gasteiger partial charge in [0.1, 0.15) is 0 Å². The highest BCUT2D eigenvalue weighted by molar-refractivity contribution is 5.80. The quantitative estimate of drug-likeness (QED) is 0.696.